The number of amides is 2. The van der Waals surface area contributed by atoms with Gasteiger partial charge in [-0.15, -0.1) is 5.10 Å². The molecule has 0 spiro atoms. The molecular weight excluding hydrogens is 350 g/mol. The lowest BCUT2D eigenvalue weighted by Gasteiger charge is -2.16. The Kier molecular flexibility index (Phi) is 6.64. The van der Waals surface area contributed by atoms with Crippen molar-refractivity contribution < 1.29 is 19.5 Å². The van der Waals surface area contributed by atoms with Crippen LogP contribution in [0.2, 0.25) is 0 Å². The average molecular weight is 373 g/mol. The zero-order chi connectivity index (χ0) is 20.0. The van der Waals surface area contributed by atoms with Crippen LogP contribution in [0.1, 0.15) is 36.5 Å². The maximum absolute atomic E-state index is 12.3. The van der Waals surface area contributed by atoms with E-state index in [4.69, 9.17) is 5.11 Å². The molecule has 3 N–H and O–H groups in total. The van der Waals surface area contributed by atoms with Gasteiger partial charge in [0.15, 0.2) is 5.69 Å². The maximum Gasteiger partial charge on any atom is 0.326 e. The van der Waals surface area contributed by atoms with E-state index in [1.807, 2.05) is 44.2 Å². The van der Waals surface area contributed by atoms with E-state index in [0.717, 1.165) is 5.69 Å². The predicted molar refractivity (Wildman–Crippen MR) is 97.5 cm³/mol. The summed E-state index contributed by atoms with van der Waals surface area (Å²) in [7, 11) is 0. The van der Waals surface area contributed by atoms with Crippen molar-refractivity contribution in [1.82, 2.24) is 25.6 Å². The van der Waals surface area contributed by atoms with Crippen molar-refractivity contribution in [3.8, 4) is 5.69 Å². The lowest BCUT2D eigenvalue weighted by molar-refractivity contribution is -0.142. The highest BCUT2D eigenvalue weighted by Gasteiger charge is 2.22. The van der Waals surface area contributed by atoms with Crippen molar-refractivity contribution in [2.45, 2.75) is 33.2 Å². The van der Waals surface area contributed by atoms with Crippen LogP contribution in [-0.2, 0) is 9.59 Å². The highest BCUT2D eigenvalue weighted by atomic mass is 16.4. The van der Waals surface area contributed by atoms with Gasteiger partial charge in [-0.05, 0) is 31.4 Å². The number of aromatic nitrogens is 3. The van der Waals surface area contributed by atoms with Crippen molar-refractivity contribution in [1.29, 1.82) is 0 Å². The molecule has 1 atom stereocenters. The molecule has 27 heavy (non-hydrogen) atoms. The normalized spacial score (nSPS) is 11.9. The summed E-state index contributed by atoms with van der Waals surface area (Å²) in [6.45, 7) is 5.08. The quantitative estimate of drug-likeness (QED) is 0.632. The van der Waals surface area contributed by atoms with Crippen molar-refractivity contribution in [2.75, 3.05) is 6.54 Å². The lowest BCUT2D eigenvalue weighted by atomic mass is 10.0. The van der Waals surface area contributed by atoms with Gasteiger partial charge in [0.25, 0.3) is 5.91 Å². The number of nitrogens with zero attached hydrogens (tertiary/aromatic N) is 3. The van der Waals surface area contributed by atoms with Gasteiger partial charge in [-0.3, -0.25) is 9.59 Å². The minimum atomic E-state index is -1.11. The Morgan fingerprint density at radius 1 is 1.19 bits per heavy atom. The van der Waals surface area contributed by atoms with Crippen LogP contribution in [0.3, 0.4) is 0 Å². The van der Waals surface area contributed by atoms with Crippen LogP contribution in [0.5, 0.6) is 0 Å². The summed E-state index contributed by atoms with van der Waals surface area (Å²) in [4.78, 5) is 35.4. The third-order valence-corrected chi connectivity index (χ3v) is 3.86. The minimum Gasteiger partial charge on any atom is -0.480 e. The Morgan fingerprint density at radius 2 is 1.85 bits per heavy atom. The molecule has 0 bridgehead atoms. The summed E-state index contributed by atoms with van der Waals surface area (Å²) in [6, 6.07) is 8.23. The molecule has 1 aromatic carbocycles. The molecular formula is C18H23N5O4. The molecule has 1 heterocycles. The largest absolute Gasteiger partial charge is 0.480 e. The van der Waals surface area contributed by atoms with Gasteiger partial charge in [-0.2, -0.15) is 0 Å². The summed E-state index contributed by atoms with van der Waals surface area (Å²) in [5.41, 5.74) is 1.39. The van der Waals surface area contributed by atoms with Crippen LogP contribution in [0, 0.1) is 12.8 Å². The van der Waals surface area contributed by atoms with E-state index >= 15 is 0 Å². The van der Waals surface area contributed by atoms with E-state index in [2.05, 4.69) is 20.9 Å². The maximum atomic E-state index is 12.3. The highest BCUT2D eigenvalue weighted by molar-refractivity contribution is 5.96. The molecule has 9 heteroatoms. The van der Waals surface area contributed by atoms with Crippen molar-refractivity contribution in [2.24, 2.45) is 5.92 Å². The number of aliphatic carboxylic acids is 1. The SMILES string of the molecule is Cc1c(C(=O)NCC(=O)N[C@@H](CC(C)C)C(=O)O)nnn1-c1ccccc1. The first-order chi connectivity index (χ1) is 12.8. The average Bonchev–Trinajstić information content (AvgIpc) is 3.01. The zero-order valence-electron chi connectivity index (χ0n) is 15.5. The molecule has 0 aliphatic heterocycles. The van der Waals surface area contributed by atoms with Gasteiger partial charge in [-0.1, -0.05) is 37.3 Å². The molecule has 0 aliphatic carbocycles. The molecule has 0 saturated carbocycles. The molecule has 0 fully saturated rings. The Morgan fingerprint density at radius 3 is 2.44 bits per heavy atom. The van der Waals surface area contributed by atoms with Crippen molar-refractivity contribution in [3.05, 3.63) is 41.7 Å². The van der Waals surface area contributed by atoms with E-state index in [0.29, 0.717) is 12.1 Å². The third-order valence-electron chi connectivity index (χ3n) is 3.86. The second-order valence-corrected chi connectivity index (χ2v) is 6.54. The smallest absolute Gasteiger partial charge is 0.326 e. The monoisotopic (exact) mass is 373 g/mol. The van der Waals surface area contributed by atoms with Crippen LogP contribution in [0.25, 0.3) is 5.69 Å². The molecule has 2 rings (SSSR count). The van der Waals surface area contributed by atoms with Crippen LogP contribution in [0.15, 0.2) is 30.3 Å². The molecule has 0 aliphatic rings. The molecule has 2 aromatic rings. The fourth-order valence-electron chi connectivity index (χ4n) is 2.54. The van der Waals surface area contributed by atoms with Gasteiger partial charge in [-0.25, -0.2) is 9.48 Å². The summed E-state index contributed by atoms with van der Waals surface area (Å²) in [5, 5.41) is 21.8. The number of carboxylic acid groups (broad SMARTS) is 1. The second-order valence-electron chi connectivity index (χ2n) is 6.54. The number of hydrogen-bond donors (Lipinski definition) is 3. The summed E-state index contributed by atoms with van der Waals surface area (Å²) in [5.74, 6) is -2.13. The molecule has 1 aromatic heterocycles. The predicted octanol–water partition coefficient (Wildman–Crippen LogP) is 0.921. The Bertz CT molecular complexity index is 816. The van der Waals surface area contributed by atoms with Crippen molar-refractivity contribution >= 4 is 17.8 Å². The van der Waals surface area contributed by atoms with Crippen molar-refractivity contribution in [3.63, 3.8) is 0 Å². The number of para-hydroxylation sites is 1. The first kappa shape index (κ1) is 20.1. The van der Waals surface area contributed by atoms with Gasteiger partial charge in [0.05, 0.1) is 17.9 Å². The fourth-order valence-corrected chi connectivity index (χ4v) is 2.54. The zero-order valence-corrected chi connectivity index (χ0v) is 15.5. The van der Waals surface area contributed by atoms with E-state index in [1.54, 1.807) is 6.92 Å². The minimum absolute atomic E-state index is 0.101. The van der Waals surface area contributed by atoms with E-state index in [9.17, 15) is 14.4 Å². The number of rotatable bonds is 8. The molecule has 0 unspecified atom stereocenters. The number of benzene rings is 1. The summed E-state index contributed by atoms with van der Waals surface area (Å²) < 4.78 is 1.53. The second kappa shape index (κ2) is 8.93. The van der Waals surface area contributed by atoms with Crippen LogP contribution in [0.4, 0.5) is 0 Å². The Hall–Kier alpha value is -3.23. The highest BCUT2D eigenvalue weighted by Crippen LogP contribution is 2.11. The molecule has 2 amide bonds. The van der Waals surface area contributed by atoms with E-state index in [-0.39, 0.29) is 18.2 Å². The summed E-state index contributed by atoms with van der Waals surface area (Å²) in [6.07, 6.45) is 0.305. The number of hydrogen-bond acceptors (Lipinski definition) is 5. The summed E-state index contributed by atoms with van der Waals surface area (Å²) >= 11 is 0. The Labute approximate surface area is 156 Å². The number of carbonyl (C=O) groups excluding carboxylic acids is 2. The van der Waals surface area contributed by atoms with Crippen LogP contribution >= 0.6 is 0 Å². The standard InChI is InChI=1S/C18H23N5O4/c1-11(2)9-14(18(26)27)20-15(24)10-19-17(25)16-12(3)23(22-21-16)13-7-5-4-6-8-13/h4-8,11,14H,9-10H2,1-3H3,(H,19,25)(H,20,24)(H,26,27)/t14-/m0/s1. The van der Waals surface area contributed by atoms with Gasteiger partial charge in [0.2, 0.25) is 5.91 Å². The Balaban J connectivity index is 1.97. The van der Waals surface area contributed by atoms with Gasteiger partial charge in [0.1, 0.15) is 6.04 Å². The topological polar surface area (TPSA) is 126 Å². The molecule has 144 valence electrons. The van der Waals surface area contributed by atoms with Crippen LogP contribution < -0.4 is 10.6 Å². The number of carboxylic acids is 1. The van der Waals surface area contributed by atoms with Gasteiger partial charge < -0.3 is 15.7 Å². The molecule has 9 nitrogen and oxygen atoms in total. The number of nitrogens with one attached hydrogen (secondary N) is 2. The van der Waals surface area contributed by atoms with Gasteiger partial charge in [0, 0.05) is 0 Å². The lowest BCUT2D eigenvalue weighted by Crippen LogP contribution is -2.46. The molecule has 0 saturated heterocycles. The van der Waals surface area contributed by atoms with Crippen LogP contribution in [-0.4, -0.2) is 50.5 Å². The van der Waals surface area contributed by atoms with E-state index < -0.39 is 23.8 Å². The number of carbonyl (C=O) groups is 3. The third kappa shape index (κ3) is 5.37. The fraction of sp³-hybridized carbons (Fsp3) is 0.389. The van der Waals surface area contributed by atoms with Gasteiger partial charge >= 0.3 is 5.97 Å². The first-order valence-corrected chi connectivity index (χ1v) is 8.57. The first-order valence-electron chi connectivity index (χ1n) is 8.57. The molecule has 0 radical (unpaired) electrons. The van der Waals surface area contributed by atoms with E-state index in [1.165, 1.54) is 4.68 Å².